The first-order valence-electron chi connectivity index (χ1n) is 17.5. The molecule has 2 aliphatic heterocycles. The lowest BCUT2D eigenvalue weighted by atomic mass is 9.71. The quantitative estimate of drug-likeness (QED) is 0.0521. The van der Waals surface area contributed by atoms with Gasteiger partial charge in [0.25, 0.3) is 0 Å². The molecular formula is C42H40O12. The smallest absolute Gasteiger partial charge is 0.341 e. The second-order valence-electron chi connectivity index (χ2n) is 12.8. The van der Waals surface area contributed by atoms with Crippen LogP contribution in [0.2, 0.25) is 0 Å². The van der Waals surface area contributed by atoms with E-state index in [9.17, 15) is 24.3 Å². The fraction of sp³-hybridized carbons (Fsp3) is 0.286. The van der Waals surface area contributed by atoms with E-state index >= 15 is 0 Å². The average molecular weight is 737 g/mol. The van der Waals surface area contributed by atoms with Crippen LogP contribution in [0.1, 0.15) is 71.0 Å². The summed E-state index contributed by atoms with van der Waals surface area (Å²) in [5.41, 5.74) is 1.67. The zero-order chi connectivity index (χ0) is 38.4. The van der Waals surface area contributed by atoms with Crippen molar-refractivity contribution in [2.75, 3.05) is 33.9 Å². The molecule has 0 radical (unpaired) electrons. The molecule has 1 aliphatic carbocycles. The Hall–Kier alpha value is -6.30. The molecule has 4 aromatic carbocycles. The van der Waals surface area contributed by atoms with E-state index in [0.29, 0.717) is 75.5 Å². The Morgan fingerprint density at radius 3 is 2.07 bits per heavy atom. The Bertz CT molecular complexity index is 2120. The van der Waals surface area contributed by atoms with Gasteiger partial charge in [0.15, 0.2) is 34.6 Å². The fourth-order valence-corrected chi connectivity index (χ4v) is 6.56. The summed E-state index contributed by atoms with van der Waals surface area (Å²) in [5.74, 6) is -0.406. The molecule has 54 heavy (non-hydrogen) atoms. The number of benzene rings is 4. The summed E-state index contributed by atoms with van der Waals surface area (Å²) < 4.78 is 37.4. The summed E-state index contributed by atoms with van der Waals surface area (Å²) in [6.45, 7) is 7.15. The van der Waals surface area contributed by atoms with Crippen molar-refractivity contribution in [3.8, 4) is 34.5 Å². The normalized spacial score (nSPS) is 17.6. The van der Waals surface area contributed by atoms with Crippen molar-refractivity contribution in [1.82, 2.24) is 0 Å². The average Bonchev–Trinajstić information content (AvgIpc) is 3.91. The van der Waals surface area contributed by atoms with Crippen LogP contribution in [0.3, 0.4) is 0 Å². The van der Waals surface area contributed by atoms with Gasteiger partial charge in [-0.15, -0.1) is 0 Å². The van der Waals surface area contributed by atoms with Crippen LogP contribution in [0, 0.1) is 5.92 Å². The van der Waals surface area contributed by atoms with Gasteiger partial charge in [-0.05, 0) is 84.1 Å². The van der Waals surface area contributed by atoms with Crippen molar-refractivity contribution in [2.24, 2.45) is 5.92 Å². The Morgan fingerprint density at radius 2 is 1.43 bits per heavy atom. The van der Waals surface area contributed by atoms with Crippen LogP contribution >= 0.6 is 0 Å². The van der Waals surface area contributed by atoms with Gasteiger partial charge in [-0.1, -0.05) is 51.1 Å². The highest BCUT2D eigenvalue weighted by molar-refractivity contribution is 6.27. The zero-order valence-corrected chi connectivity index (χ0v) is 30.3. The van der Waals surface area contributed by atoms with Gasteiger partial charge in [-0.2, -0.15) is 0 Å². The third kappa shape index (κ3) is 7.45. The summed E-state index contributed by atoms with van der Waals surface area (Å²) in [5, 5.41) is 9.85. The molecule has 1 N–H and O–H groups in total. The van der Waals surface area contributed by atoms with E-state index < -0.39 is 34.8 Å². The maximum atomic E-state index is 13.0. The number of rotatable bonds is 12. The summed E-state index contributed by atoms with van der Waals surface area (Å²) in [7, 11) is 1.24. The molecule has 280 valence electrons. The fourth-order valence-electron chi connectivity index (χ4n) is 6.56. The SMILES string of the molecule is CCCOc1ccc2c(c1)C(=O)C(C(=O)O)C2(C)c1ccc2c(c1)OCO2.CCCOc1cccc(C(=O)C(=Cc2ccc3c(c2)OCO3)C(=O)OC)c1. The van der Waals surface area contributed by atoms with Crippen LogP contribution < -0.4 is 28.4 Å². The van der Waals surface area contributed by atoms with Crippen molar-refractivity contribution < 1.29 is 57.4 Å². The molecule has 4 aromatic rings. The van der Waals surface area contributed by atoms with Gasteiger partial charge in [0.1, 0.15) is 23.0 Å². The van der Waals surface area contributed by atoms with Gasteiger partial charge in [0.2, 0.25) is 13.6 Å². The first-order chi connectivity index (χ1) is 26.1. The predicted molar refractivity (Wildman–Crippen MR) is 196 cm³/mol. The van der Waals surface area contributed by atoms with Gasteiger partial charge in [0, 0.05) is 16.5 Å². The number of aliphatic carboxylic acids is 1. The van der Waals surface area contributed by atoms with E-state index in [1.54, 1.807) is 85.8 Å². The number of hydrogen-bond acceptors (Lipinski definition) is 11. The lowest BCUT2D eigenvalue weighted by molar-refractivity contribution is -0.141. The molecule has 0 saturated carbocycles. The summed E-state index contributed by atoms with van der Waals surface area (Å²) in [4.78, 5) is 50.2. The number of fused-ring (bicyclic) bond motifs is 3. The molecule has 2 atom stereocenters. The molecule has 0 spiro atoms. The van der Waals surface area contributed by atoms with Gasteiger partial charge in [-0.25, -0.2) is 4.79 Å². The molecule has 7 rings (SSSR count). The molecule has 3 aliphatic rings. The van der Waals surface area contributed by atoms with Crippen molar-refractivity contribution in [2.45, 2.75) is 39.0 Å². The van der Waals surface area contributed by atoms with Crippen LogP contribution in [0.5, 0.6) is 34.5 Å². The number of carbonyl (C=O) groups is 4. The van der Waals surface area contributed by atoms with Crippen molar-refractivity contribution in [3.63, 3.8) is 0 Å². The number of methoxy groups -OCH3 is 1. The monoisotopic (exact) mass is 736 g/mol. The number of carbonyl (C=O) groups excluding carboxylic acids is 3. The molecule has 2 unspecified atom stereocenters. The Kier molecular flexibility index (Phi) is 11.2. The molecule has 12 heteroatoms. The highest BCUT2D eigenvalue weighted by Crippen LogP contribution is 2.50. The van der Waals surface area contributed by atoms with Crippen molar-refractivity contribution >= 4 is 29.6 Å². The van der Waals surface area contributed by atoms with Crippen LogP contribution in [0.4, 0.5) is 0 Å². The largest absolute Gasteiger partial charge is 0.494 e. The Morgan fingerprint density at radius 1 is 0.796 bits per heavy atom. The highest BCUT2D eigenvalue weighted by Gasteiger charge is 2.54. The lowest BCUT2D eigenvalue weighted by Gasteiger charge is -2.30. The van der Waals surface area contributed by atoms with Gasteiger partial charge < -0.3 is 38.3 Å². The van der Waals surface area contributed by atoms with Crippen molar-refractivity contribution in [1.29, 1.82) is 0 Å². The first kappa shape index (κ1) is 37.5. The van der Waals surface area contributed by atoms with Gasteiger partial charge in [0.05, 0.1) is 20.3 Å². The van der Waals surface area contributed by atoms with Crippen LogP contribution in [-0.2, 0) is 19.7 Å². The minimum absolute atomic E-state index is 0.0796. The molecule has 0 amide bonds. The number of ether oxygens (including phenoxy) is 7. The van der Waals surface area contributed by atoms with Gasteiger partial charge in [-0.3, -0.25) is 14.4 Å². The molecule has 0 aromatic heterocycles. The maximum Gasteiger partial charge on any atom is 0.341 e. The maximum absolute atomic E-state index is 13.0. The summed E-state index contributed by atoms with van der Waals surface area (Å²) >= 11 is 0. The number of Topliss-reactive ketones (excluding diaryl/α,β-unsaturated/α-hetero) is 2. The number of carboxylic acid groups (broad SMARTS) is 1. The minimum Gasteiger partial charge on any atom is -0.494 e. The Balaban J connectivity index is 0.000000184. The lowest BCUT2D eigenvalue weighted by Crippen LogP contribution is -2.37. The number of hydrogen-bond donors (Lipinski definition) is 1. The van der Waals surface area contributed by atoms with Crippen LogP contribution in [0.15, 0.2) is 84.4 Å². The van der Waals surface area contributed by atoms with E-state index in [0.717, 1.165) is 12.8 Å². The Labute approximate surface area is 312 Å². The molecule has 12 nitrogen and oxygen atoms in total. The number of carboxylic acids is 1. The third-order valence-corrected chi connectivity index (χ3v) is 9.27. The van der Waals surface area contributed by atoms with Crippen LogP contribution in [-0.4, -0.2) is 62.5 Å². The second kappa shape index (κ2) is 16.2. The molecule has 0 fully saturated rings. The second-order valence-corrected chi connectivity index (χ2v) is 12.8. The molecule has 0 saturated heterocycles. The van der Waals surface area contributed by atoms with E-state index in [1.807, 2.05) is 13.8 Å². The van der Waals surface area contributed by atoms with E-state index in [1.165, 1.54) is 13.2 Å². The van der Waals surface area contributed by atoms with E-state index in [4.69, 9.17) is 33.2 Å². The molecular weight excluding hydrogens is 696 g/mol. The highest BCUT2D eigenvalue weighted by atomic mass is 16.7. The molecule has 2 heterocycles. The van der Waals surface area contributed by atoms with Crippen LogP contribution in [0.25, 0.3) is 6.08 Å². The summed E-state index contributed by atoms with van der Waals surface area (Å²) in [6.07, 6.45) is 3.18. The zero-order valence-electron chi connectivity index (χ0n) is 30.3. The predicted octanol–water partition coefficient (Wildman–Crippen LogP) is 7.05. The van der Waals surface area contributed by atoms with E-state index in [-0.39, 0.29) is 19.2 Å². The minimum atomic E-state index is -1.21. The van der Waals surface area contributed by atoms with Gasteiger partial charge >= 0.3 is 11.9 Å². The first-order valence-corrected chi connectivity index (χ1v) is 17.5. The molecule has 0 bridgehead atoms. The standard InChI is InChI=1S/2C21H20O6/c1-3-8-25-13-5-6-15-14(10-13)19(22)18(20(23)24)21(15,2)12-4-7-16-17(9-12)27-11-26-16;1-3-9-25-16-6-4-5-15(12-16)20(22)17(21(23)24-2)10-14-7-8-18-19(11-14)27-13-26-18/h4-7,9-10,18H,3,8,11H2,1-2H3,(H,23,24);4-8,10-12H,3,9,13H2,1-2H3. The number of esters is 1. The van der Waals surface area contributed by atoms with Crippen molar-refractivity contribution in [3.05, 3.63) is 112 Å². The van der Waals surface area contributed by atoms with E-state index in [2.05, 4.69) is 0 Å². The topological polar surface area (TPSA) is 153 Å². The third-order valence-electron chi connectivity index (χ3n) is 9.27. The number of ketones is 2. The summed E-state index contributed by atoms with van der Waals surface area (Å²) in [6, 6.07) is 22.5.